The van der Waals surface area contributed by atoms with Gasteiger partial charge in [0.15, 0.2) is 0 Å². The monoisotopic (exact) mass is 334 g/mol. The van der Waals surface area contributed by atoms with Gasteiger partial charge in [-0.2, -0.15) is 0 Å². The summed E-state index contributed by atoms with van der Waals surface area (Å²) in [5.74, 6) is 0.0966. The van der Waals surface area contributed by atoms with Gasteiger partial charge in [-0.1, -0.05) is 42.5 Å². The van der Waals surface area contributed by atoms with Crippen LogP contribution in [-0.4, -0.2) is 21.0 Å². The quantitative estimate of drug-likeness (QED) is 0.608. The van der Waals surface area contributed by atoms with Crippen LogP contribution in [0.1, 0.15) is 41.8 Å². The van der Waals surface area contributed by atoms with E-state index in [0.29, 0.717) is 6.42 Å². The maximum Gasteiger partial charge on any atom is 0.303 e. The first-order valence-corrected chi connectivity index (χ1v) is 8.56. The Kier molecular flexibility index (Phi) is 5.29. The standard InChI is InChI=1S/C21H22N2O2/c1-15-11-13-18-21(17(15)9-5-6-10-20(24)25)23-19(22-18)14-12-16-7-3-2-4-8-16/h2-4,7-8,11-14H,5-6,9-10H2,1H3,(H,22,23)(H,24,25)/b14-12+. The molecular formula is C21H22N2O2. The molecule has 1 aromatic heterocycles. The minimum absolute atomic E-state index is 0.223. The summed E-state index contributed by atoms with van der Waals surface area (Å²) in [6, 6.07) is 14.3. The van der Waals surface area contributed by atoms with Crippen molar-refractivity contribution in [3.8, 4) is 0 Å². The first kappa shape index (κ1) is 17.0. The highest BCUT2D eigenvalue weighted by Gasteiger charge is 2.09. The molecule has 3 aromatic rings. The SMILES string of the molecule is Cc1ccc2[nH]c(/C=C/c3ccccc3)nc2c1CCCCC(=O)O. The molecule has 128 valence electrons. The first-order chi connectivity index (χ1) is 12.1. The molecule has 0 radical (unpaired) electrons. The molecule has 3 rings (SSSR count). The highest BCUT2D eigenvalue weighted by Crippen LogP contribution is 2.23. The second-order valence-corrected chi connectivity index (χ2v) is 6.22. The van der Waals surface area contributed by atoms with Crippen molar-refractivity contribution in [2.45, 2.75) is 32.6 Å². The lowest BCUT2D eigenvalue weighted by Crippen LogP contribution is -1.96. The third kappa shape index (κ3) is 4.35. The predicted octanol–water partition coefficient (Wildman–Crippen LogP) is 4.84. The molecule has 0 unspecified atom stereocenters. The van der Waals surface area contributed by atoms with E-state index in [1.807, 2.05) is 30.4 Å². The molecule has 4 nitrogen and oxygen atoms in total. The van der Waals surface area contributed by atoms with Gasteiger partial charge in [0.2, 0.25) is 0 Å². The zero-order valence-corrected chi connectivity index (χ0v) is 14.3. The van der Waals surface area contributed by atoms with E-state index in [2.05, 4.69) is 36.2 Å². The van der Waals surface area contributed by atoms with E-state index < -0.39 is 5.97 Å². The van der Waals surface area contributed by atoms with Gasteiger partial charge < -0.3 is 10.1 Å². The minimum atomic E-state index is -0.733. The van der Waals surface area contributed by atoms with Gasteiger partial charge in [-0.05, 0) is 55.0 Å². The van der Waals surface area contributed by atoms with Gasteiger partial charge in [0, 0.05) is 6.42 Å². The number of aromatic amines is 1. The molecule has 2 aromatic carbocycles. The maximum atomic E-state index is 10.7. The van der Waals surface area contributed by atoms with E-state index in [0.717, 1.165) is 35.3 Å². The molecule has 0 fully saturated rings. The van der Waals surface area contributed by atoms with E-state index in [-0.39, 0.29) is 6.42 Å². The van der Waals surface area contributed by atoms with Gasteiger partial charge in [-0.25, -0.2) is 4.98 Å². The Hall–Kier alpha value is -2.88. The fraction of sp³-hybridized carbons (Fsp3) is 0.238. The molecule has 25 heavy (non-hydrogen) atoms. The Bertz CT molecular complexity index is 895. The molecule has 0 atom stereocenters. The molecule has 0 spiro atoms. The van der Waals surface area contributed by atoms with Crippen LogP contribution in [0.2, 0.25) is 0 Å². The third-order valence-corrected chi connectivity index (χ3v) is 4.31. The number of aromatic nitrogens is 2. The van der Waals surface area contributed by atoms with Gasteiger partial charge in [0.25, 0.3) is 0 Å². The average Bonchev–Trinajstić information content (AvgIpc) is 3.02. The van der Waals surface area contributed by atoms with Crippen LogP contribution in [0.4, 0.5) is 0 Å². The second kappa shape index (κ2) is 7.79. The van der Waals surface area contributed by atoms with Crippen LogP contribution >= 0.6 is 0 Å². The highest BCUT2D eigenvalue weighted by atomic mass is 16.4. The van der Waals surface area contributed by atoms with E-state index in [1.54, 1.807) is 0 Å². The number of benzene rings is 2. The smallest absolute Gasteiger partial charge is 0.303 e. The van der Waals surface area contributed by atoms with Crippen molar-refractivity contribution in [3.05, 3.63) is 65.0 Å². The van der Waals surface area contributed by atoms with Crippen LogP contribution in [0.15, 0.2) is 42.5 Å². The fourth-order valence-electron chi connectivity index (χ4n) is 2.96. The number of fused-ring (bicyclic) bond motifs is 1. The van der Waals surface area contributed by atoms with Gasteiger partial charge >= 0.3 is 5.97 Å². The van der Waals surface area contributed by atoms with Crippen molar-refractivity contribution in [1.29, 1.82) is 0 Å². The van der Waals surface area contributed by atoms with Crippen molar-refractivity contribution < 1.29 is 9.90 Å². The molecule has 0 saturated carbocycles. The number of carboxylic acid groups (broad SMARTS) is 1. The number of nitrogens with zero attached hydrogens (tertiary/aromatic N) is 1. The lowest BCUT2D eigenvalue weighted by Gasteiger charge is -2.06. The summed E-state index contributed by atoms with van der Waals surface area (Å²) in [5, 5.41) is 8.77. The molecule has 4 heteroatoms. The topological polar surface area (TPSA) is 66.0 Å². The number of imidazole rings is 1. The summed E-state index contributed by atoms with van der Waals surface area (Å²) in [6.07, 6.45) is 6.64. The van der Waals surface area contributed by atoms with Crippen molar-refractivity contribution >= 4 is 29.2 Å². The summed E-state index contributed by atoms with van der Waals surface area (Å²) in [6.45, 7) is 2.08. The van der Waals surface area contributed by atoms with Crippen molar-refractivity contribution in [2.24, 2.45) is 0 Å². The van der Waals surface area contributed by atoms with Gasteiger partial charge in [0.05, 0.1) is 11.0 Å². The van der Waals surface area contributed by atoms with E-state index in [9.17, 15) is 4.79 Å². The molecule has 0 saturated heterocycles. The van der Waals surface area contributed by atoms with E-state index in [4.69, 9.17) is 10.1 Å². The molecule has 0 aliphatic heterocycles. The zero-order chi connectivity index (χ0) is 17.6. The second-order valence-electron chi connectivity index (χ2n) is 6.22. The average molecular weight is 334 g/mol. The van der Waals surface area contributed by atoms with Gasteiger partial charge in [0.1, 0.15) is 5.82 Å². The number of hydrogen-bond donors (Lipinski definition) is 2. The van der Waals surface area contributed by atoms with Crippen LogP contribution in [-0.2, 0) is 11.2 Å². The third-order valence-electron chi connectivity index (χ3n) is 4.31. The van der Waals surface area contributed by atoms with Crippen LogP contribution < -0.4 is 0 Å². The minimum Gasteiger partial charge on any atom is -0.481 e. The number of hydrogen-bond acceptors (Lipinski definition) is 2. The lowest BCUT2D eigenvalue weighted by molar-refractivity contribution is -0.137. The van der Waals surface area contributed by atoms with Crippen LogP contribution in [0, 0.1) is 6.92 Å². The molecule has 1 heterocycles. The number of rotatable bonds is 7. The van der Waals surface area contributed by atoms with Gasteiger partial charge in [-0.15, -0.1) is 0 Å². The number of carboxylic acids is 1. The van der Waals surface area contributed by atoms with Crippen molar-refractivity contribution in [1.82, 2.24) is 9.97 Å². The Morgan fingerprint density at radius 1 is 1.12 bits per heavy atom. The fourth-order valence-corrected chi connectivity index (χ4v) is 2.96. The van der Waals surface area contributed by atoms with E-state index in [1.165, 1.54) is 11.1 Å². The highest BCUT2D eigenvalue weighted by molar-refractivity contribution is 5.82. The normalized spacial score (nSPS) is 11.4. The Balaban J connectivity index is 1.80. The number of aliphatic carboxylic acids is 1. The van der Waals surface area contributed by atoms with Crippen LogP contribution in [0.3, 0.4) is 0 Å². The van der Waals surface area contributed by atoms with E-state index >= 15 is 0 Å². The van der Waals surface area contributed by atoms with Crippen molar-refractivity contribution in [2.75, 3.05) is 0 Å². The number of H-pyrrole nitrogens is 1. The van der Waals surface area contributed by atoms with Gasteiger partial charge in [-0.3, -0.25) is 4.79 Å². The summed E-state index contributed by atoms with van der Waals surface area (Å²) < 4.78 is 0. The van der Waals surface area contributed by atoms with Crippen molar-refractivity contribution in [3.63, 3.8) is 0 Å². The van der Waals surface area contributed by atoms with Crippen LogP contribution in [0.5, 0.6) is 0 Å². The largest absolute Gasteiger partial charge is 0.481 e. The Morgan fingerprint density at radius 3 is 2.68 bits per heavy atom. The first-order valence-electron chi connectivity index (χ1n) is 8.56. The Labute approximate surface area is 147 Å². The predicted molar refractivity (Wildman–Crippen MR) is 101 cm³/mol. The zero-order valence-electron chi connectivity index (χ0n) is 14.3. The summed E-state index contributed by atoms with van der Waals surface area (Å²) in [5.41, 5.74) is 5.55. The van der Waals surface area contributed by atoms with Crippen LogP contribution in [0.25, 0.3) is 23.2 Å². The molecule has 2 N–H and O–H groups in total. The number of carbonyl (C=O) groups is 1. The molecular weight excluding hydrogens is 312 g/mol. The summed E-state index contributed by atoms with van der Waals surface area (Å²) in [7, 11) is 0. The molecule has 0 aliphatic carbocycles. The molecule has 0 bridgehead atoms. The summed E-state index contributed by atoms with van der Waals surface area (Å²) in [4.78, 5) is 18.8. The molecule has 0 amide bonds. The Morgan fingerprint density at radius 2 is 1.92 bits per heavy atom. The summed E-state index contributed by atoms with van der Waals surface area (Å²) >= 11 is 0. The maximum absolute atomic E-state index is 10.7. The number of aryl methyl sites for hydroxylation is 2. The lowest BCUT2D eigenvalue weighted by atomic mass is 10.0. The number of unbranched alkanes of at least 4 members (excludes halogenated alkanes) is 1. The number of nitrogens with one attached hydrogen (secondary N) is 1. The molecule has 0 aliphatic rings.